The van der Waals surface area contributed by atoms with Gasteiger partial charge in [-0.2, -0.15) is 0 Å². The third-order valence-electron chi connectivity index (χ3n) is 7.06. The normalized spacial score (nSPS) is 19.0. The number of benzene rings is 2. The molecule has 1 amide bonds. The van der Waals surface area contributed by atoms with Gasteiger partial charge in [-0.05, 0) is 93.1 Å². The molecule has 0 radical (unpaired) electrons. The van der Waals surface area contributed by atoms with Crippen LogP contribution in [0.25, 0.3) is 10.9 Å². The van der Waals surface area contributed by atoms with Crippen molar-refractivity contribution in [2.24, 2.45) is 0 Å². The van der Waals surface area contributed by atoms with Gasteiger partial charge < -0.3 is 5.32 Å². The number of hydrogen-bond acceptors (Lipinski definition) is 3. The first-order valence-electron chi connectivity index (χ1n) is 11.0. The number of aromatic nitrogens is 1. The highest BCUT2D eigenvalue weighted by atomic mass is 19.1. The molecule has 2 aliphatic rings. The SMILES string of the molecule is O=C(Nc1ccc(F)cc1F)C1(N2CCC(c3ccnc4ccc(F)cc34)CC2)CCC1. The lowest BCUT2D eigenvalue weighted by Gasteiger charge is -2.51. The fourth-order valence-electron chi connectivity index (χ4n) is 5.14. The van der Waals surface area contributed by atoms with Gasteiger partial charge in [0.05, 0.1) is 11.2 Å². The van der Waals surface area contributed by atoms with E-state index in [1.54, 1.807) is 18.3 Å². The Bertz CT molecular complexity index is 1170. The maximum absolute atomic E-state index is 14.1. The molecule has 1 saturated heterocycles. The number of amides is 1. The molecule has 0 unspecified atom stereocenters. The Morgan fingerprint density at radius 1 is 1.00 bits per heavy atom. The molecule has 1 aliphatic heterocycles. The molecule has 2 aromatic carbocycles. The Labute approximate surface area is 184 Å². The molecule has 0 atom stereocenters. The molecule has 1 N–H and O–H groups in total. The van der Waals surface area contributed by atoms with E-state index < -0.39 is 17.2 Å². The fourth-order valence-corrected chi connectivity index (χ4v) is 5.14. The minimum atomic E-state index is -0.775. The molecule has 7 heteroatoms. The number of rotatable bonds is 4. The number of pyridine rings is 1. The van der Waals surface area contributed by atoms with Crippen molar-refractivity contribution in [1.29, 1.82) is 0 Å². The van der Waals surface area contributed by atoms with E-state index in [0.717, 1.165) is 73.8 Å². The van der Waals surface area contributed by atoms with Gasteiger partial charge in [0.1, 0.15) is 23.0 Å². The molecule has 166 valence electrons. The van der Waals surface area contributed by atoms with Crippen LogP contribution in [-0.2, 0) is 4.79 Å². The summed E-state index contributed by atoms with van der Waals surface area (Å²) in [7, 11) is 0. The van der Waals surface area contributed by atoms with E-state index in [1.165, 1.54) is 12.1 Å². The van der Waals surface area contributed by atoms with Gasteiger partial charge in [0, 0.05) is 17.6 Å². The lowest BCUT2D eigenvalue weighted by molar-refractivity contribution is -0.135. The summed E-state index contributed by atoms with van der Waals surface area (Å²) in [4.78, 5) is 19.7. The molecule has 2 heterocycles. The number of likely N-dealkylation sites (tertiary alicyclic amines) is 1. The second-order valence-corrected chi connectivity index (χ2v) is 8.79. The first-order chi connectivity index (χ1) is 15.5. The van der Waals surface area contributed by atoms with Crippen molar-refractivity contribution < 1.29 is 18.0 Å². The van der Waals surface area contributed by atoms with E-state index >= 15 is 0 Å². The van der Waals surface area contributed by atoms with Gasteiger partial charge in [-0.25, -0.2) is 13.2 Å². The summed E-state index contributed by atoms with van der Waals surface area (Å²) in [6, 6.07) is 9.80. The molecular formula is C25H24F3N3O. The minimum Gasteiger partial charge on any atom is -0.322 e. The van der Waals surface area contributed by atoms with Crippen molar-refractivity contribution in [2.75, 3.05) is 18.4 Å². The van der Waals surface area contributed by atoms with Crippen LogP contribution in [0.4, 0.5) is 18.9 Å². The number of anilines is 1. The Morgan fingerprint density at radius 2 is 1.72 bits per heavy atom. The smallest absolute Gasteiger partial charge is 0.244 e. The predicted octanol–water partition coefficient (Wildman–Crippen LogP) is 5.39. The fraction of sp³-hybridized carbons (Fsp3) is 0.360. The third kappa shape index (κ3) is 3.64. The quantitative estimate of drug-likeness (QED) is 0.593. The van der Waals surface area contributed by atoms with Crippen molar-refractivity contribution >= 4 is 22.5 Å². The van der Waals surface area contributed by atoms with E-state index in [0.29, 0.717) is 0 Å². The van der Waals surface area contributed by atoms with Gasteiger partial charge in [0.2, 0.25) is 5.91 Å². The van der Waals surface area contributed by atoms with Crippen molar-refractivity contribution in [2.45, 2.75) is 43.6 Å². The number of carbonyl (C=O) groups is 1. The van der Waals surface area contributed by atoms with E-state index in [1.807, 2.05) is 6.07 Å². The monoisotopic (exact) mass is 439 g/mol. The Hall–Kier alpha value is -2.93. The number of nitrogens with zero attached hydrogens (tertiary/aromatic N) is 2. The van der Waals surface area contributed by atoms with Gasteiger partial charge in [-0.15, -0.1) is 0 Å². The Balaban J connectivity index is 1.32. The molecule has 5 rings (SSSR count). The highest BCUT2D eigenvalue weighted by molar-refractivity contribution is 5.99. The van der Waals surface area contributed by atoms with Crippen LogP contribution in [0.15, 0.2) is 48.7 Å². The third-order valence-corrected chi connectivity index (χ3v) is 7.06. The van der Waals surface area contributed by atoms with Crippen LogP contribution >= 0.6 is 0 Å². The van der Waals surface area contributed by atoms with Crippen LogP contribution in [0.3, 0.4) is 0 Å². The van der Waals surface area contributed by atoms with Crippen LogP contribution in [0.2, 0.25) is 0 Å². The number of carbonyl (C=O) groups excluding carboxylic acids is 1. The zero-order valence-electron chi connectivity index (χ0n) is 17.6. The summed E-state index contributed by atoms with van der Waals surface area (Å²) >= 11 is 0. The number of piperidine rings is 1. The summed E-state index contributed by atoms with van der Waals surface area (Å²) < 4.78 is 41.1. The number of fused-ring (bicyclic) bond motifs is 1. The second kappa shape index (κ2) is 8.20. The zero-order chi connectivity index (χ0) is 22.3. The largest absolute Gasteiger partial charge is 0.322 e. The van der Waals surface area contributed by atoms with Crippen LogP contribution < -0.4 is 5.32 Å². The standard InChI is InChI=1S/C25H24F3N3O/c26-17-2-4-22-20(14-17)19(6-11-29-22)16-7-12-31(13-8-16)25(9-1-10-25)24(32)30-23-5-3-18(27)15-21(23)28/h2-6,11,14-16H,1,7-10,12-13H2,(H,30,32). The highest BCUT2D eigenvalue weighted by Gasteiger charge is 2.49. The van der Waals surface area contributed by atoms with Crippen LogP contribution in [0, 0.1) is 17.5 Å². The summed E-state index contributed by atoms with van der Waals surface area (Å²) in [5.74, 6) is -1.70. The van der Waals surface area contributed by atoms with Gasteiger partial charge in [-0.1, -0.05) is 0 Å². The topological polar surface area (TPSA) is 45.2 Å². The van der Waals surface area contributed by atoms with Gasteiger partial charge in [0.25, 0.3) is 0 Å². The van der Waals surface area contributed by atoms with Crippen molar-refractivity contribution in [3.05, 3.63) is 71.7 Å². The van der Waals surface area contributed by atoms with Crippen molar-refractivity contribution in [3.8, 4) is 0 Å². The number of hydrogen-bond donors (Lipinski definition) is 1. The molecule has 1 saturated carbocycles. The summed E-state index contributed by atoms with van der Waals surface area (Å²) in [6.07, 6.45) is 5.82. The lowest BCUT2D eigenvalue weighted by Crippen LogP contribution is -2.62. The van der Waals surface area contributed by atoms with Crippen LogP contribution in [-0.4, -0.2) is 34.4 Å². The molecule has 1 aliphatic carbocycles. The van der Waals surface area contributed by atoms with E-state index in [2.05, 4.69) is 15.2 Å². The average Bonchev–Trinajstić information content (AvgIpc) is 2.75. The van der Waals surface area contributed by atoms with Crippen LogP contribution in [0.5, 0.6) is 0 Å². The first kappa shape index (κ1) is 20.9. The molecule has 3 aromatic rings. The maximum Gasteiger partial charge on any atom is 0.244 e. The van der Waals surface area contributed by atoms with Gasteiger partial charge >= 0.3 is 0 Å². The zero-order valence-corrected chi connectivity index (χ0v) is 17.6. The second-order valence-electron chi connectivity index (χ2n) is 8.79. The molecule has 0 spiro atoms. The molecule has 32 heavy (non-hydrogen) atoms. The summed E-state index contributed by atoms with van der Waals surface area (Å²) in [5.41, 5.74) is 1.22. The van der Waals surface area contributed by atoms with Gasteiger partial charge in [0.15, 0.2) is 0 Å². The molecule has 1 aromatic heterocycles. The molecule has 2 fully saturated rings. The van der Waals surface area contributed by atoms with E-state index in [-0.39, 0.29) is 23.3 Å². The van der Waals surface area contributed by atoms with E-state index in [4.69, 9.17) is 0 Å². The lowest BCUT2D eigenvalue weighted by atomic mass is 9.72. The van der Waals surface area contributed by atoms with Crippen LogP contribution in [0.1, 0.15) is 43.6 Å². The van der Waals surface area contributed by atoms with E-state index in [9.17, 15) is 18.0 Å². The molecular weight excluding hydrogens is 415 g/mol. The predicted molar refractivity (Wildman–Crippen MR) is 117 cm³/mol. The summed E-state index contributed by atoms with van der Waals surface area (Å²) in [6.45, 7) is 1.45. The Morgan fingerprint density at radius 3 is 2.41 bits per heavy atom. The Kier molecular flexibility index (Phi) is 5.37. The van der Waals surface area contributed by atoms with Gasteiger partial charge in [-0.3, -0.25) is 14.7 Å². The average molecular weight is 439 g/mol. The highest BCUT2D eigenvalue weighted by Crippen LogP contribution is 2.43. The van der Waals surface area contributed by atoms with Crippen molar-refractivity contribution in [3.63, 3.8) is 0 Å². The molecule has 4 nitrogen and oxygen atoms in total. The maximum atomic E-state index is 14.1. The number of halogens is 3. The first-order valence-corrected chi connectivity index (χ1v) is 11.0. The molecule has 0 bridgehead atoms. The summed E-state index contributed by atoms with van der Waals surface area (Å²) in [5, 5.41) is 3.52. The minimum absolute atomic E-state index is 0.00263. The number of nitrogens with one attached hydrogen (secondary N) is 1. The van der Waals surface area contributed by atoms with Crippen molar-refractivity contribution in [1.82, 2.24) is 9.88 Å².